The first-order valence-electron chi connectivity index (χ1n) is 16.4. The highest BCUT2D eigenvalue weighted by atomic mass is 28.3. The van der Waals surface area contributed by atoms with Crippen LogP contribution >= 0.6 is 0 Å². The van der Waals surface area contributed by atoms with Gasteiger partial charge in [-0.25, -0.2) is 0 Å². The Bertz CT molecular complexity index is 1440. The van der Waals surface area contributed by atoms with Crippen molar-refractivity contribution in [1.82, 2.24) is 0 Å². The number of halogens is 6. The van der Waals surface area contributed by atoms with E-state index in [0.29, 0.717) is 30.4 Å². The lowest BCUT2D eigenvalue weighted by atomic mass is 9.77. The molecule has 48 heavy (non-hydrogen) atoms. The van der Waals surface area contributed by atoms with Crippen molar-refractivity contribution >= 4 is 23.7 Å². The summed E-state index contributed by atoms with van der Waals surface area (Å²) in [6.45, 7) is 23.6. The van der Waals surface area contributed by atoms with Gasteiger partial charge in [-0.2, -0.15) is 26.3 Å². The van der Waals surface area contributed by atoms with Crippen LogP contribution in [-0.2, 0) is 21.7 Å². The zero-order chi connectivity index (χ0) is 36.9. The van der Waals surface area contributed by atoms with Gasteiger partial charge in [0.1, 0.15) is 0 Å². The van der Waals surface area contributed by atoms with Gasteiger partial charge in [0.25, 0.3) is 0 Å². The van der Waals surface area contributed by atoms with Gasteiger partial charge in [-0.05, 0) is 102 Å². The van der Waals surface area contributed by atoms with Gasteiger partial charge in [-0.15, -0.1) is 0 Å². The predicted octanol–water partition coefficient (Wildman–Crippen LogP) is 10.3. The molecule has 3 nitrogen and oxygen atoms in total. The van der Waals surface area contributed by atoms with E-state index in [2.05, 4.69) is 85.9 Å². The summed E-state index contributed by atoms with van der Waals surface area (Å²) in [7, 11) is -2.82. The molecule has 11 heteroatoms. The summed E-state index contributed by atoms with van der Waals surface area (Å²) in [4.78, 5) is 0. The number of hydrogen-bond acceptors (Lipinski definition) is 3. The van der Waals surface area contributed by atoms with Crippen molar-refractivity contribution in [3.8, 4) is 11.8 Å². The average molecular weight is 715 g/mol. The van der Waals surface area contributed by atoms with Crippen LogP contribution in [0.5, 0.6) is 0 Å². The number of aliphatic hydroxyl groups is 1. The normalized spacial score (nSPS) is 15.0. The van der Waals surface area contributed by atoms with E-state index in [-0.39, 0.29) is 23.0 Å². The Balaban J connectivity index is 2.52. The molecule has 0 aliphatic rings. The van der Waals surface area contributed by atoms with Crippen LogP contribution in [-0.4, -0.2) is 41.1 Å². The zero-order valence-corrected chi connectivity index (χ0v) is 32.4. The molecular weight excluding hydrogens is 663 g/mol. The first kappa shape index (κ1) is 41.8. The molecule has 2 aromatic rings. The monoisotopic (exact) mass is 714 g/mol. The highest BCUT2D eigenvalue weighted by molar-refractivity contribution is 6.48. The number of rotatable bonds is 11. The van der Waals surface area contributed by atoms with Crippen molar-refractivity contribution < 1.29 is 40.3 Å². The smallest absolute Gasteiger partial charge is 0.413 e. The summed E-state index contributed by atoms with van der Waals surface area (Å²) in [5.74, 6) is 2.83. The summed E-state index contributed by atoms with van der Waals surface area (Å²) in [6.07, 6.45) is -9.56. The maximum absolute atomic E-state index is 13.1. The highest BCUT2D eigenvalue weighted by Crippen LogP contribution is 2.46. The van der Waals surface area contributed by atoms with Crippen molar-refractivity contribution in [2.45, 2.75) is 124 Å². The zero-order valence-electron chi connectivity index (χ0n) is 30.1. The maximum Gasteiger partial charge on any atom is 0.438 e. The van der Waals surface area contributed by atoms with Gasteiger partial charge in [-0.1, -0.05) is 96.9 Å². The third-order valence-electron chi connectivity index (χ3n) is 7.81. The fourth-order valence-corrected chi connectivity index (χ4v) is 7.61. The molecule has 0 saturated carbocycles. The molecule has 0 radical (unpaired) electrons. The van der Waals surface area contributed by atoms with Crippen molar-refractivity contribution in [1.29, 1.82) is 0 Å². The molecule has 0 fully saturated rings. The average Bonchev–Trinajstić information content (AvgIpc) is 2.93. The molecular formula is C37H52F6O3Si2. The van der Waals surface area contributed by atoms with E-state index in [1.165, 1.54) is 0 Å². The second-order valence-electron chi connectivity index (χ2n) is 15.0. The molecule has 1 N–H and O–H groups in total. The van der Waals surface area contributed by atoms with E-state index >= 15 is 0 Å². The summed E-state index contributed by atoms with van der Waals surface area (Å²) >= 11 is 0. The Morgan fingerprint density at radius 1 is 0.750 bits per heavy atom. The first-order chi connectivity index (χ1) is 21.8. The lowest BCUT2D eigenvalue weighted by Crippen LogP contribution is -2.55. The molecule has 0 aromatic heterocycles. The van der Waals surface area contributed by atoms with Crippen molar-refractivity contribution in [2.75, 3.05) is 0 Å². The Morgan fingerprint density at radius 3 is 1.67 bits per heavy atom. The van der Waals surface area contributed by atoms with Crippen LogP contribution < -0.4 is 0 Å². The summed E-state index contributed by atoms with van der Waals surface area (Å²) in [5.41, 5.74) is 0.0109. The SMILES string of the molecule is CCC(=CC#CC(O)(C(F)(F)F)C(F)(F)F)c1cccc(CCc2ccc(C(O[SiH](C)C)C(C)(C)C)c(C(O[SiH](C)C)C(C)(C)C)c2)c1. The summed E-state index contributed by atoms with van der Waals surface area (Å²) < 4.78 is 91.7. The van der Waals surface area contributed by atoms with Crippen molar-refractivity contribution in [2.24, 2.45) is 10.8 Å². The largest absolute Gasteiger partial charge is 0.438 e. The second-order valence-corrected chi connectivity index (χ2v) is 19.8. The molecule has 268 valence electrons. The van der Waals surface area contributed by atoms with Crippen LogP contribution in [0.25, 0.3) is 5.57 Å². The molecule has 2 unspecified atom stereocenters. The van der Waals surface area contributed by atoms with E-state index in [1.54, 1.807) is 19.1 Å². The van der Waals surface area contributed by atoms with Gasteiger partial charge < -0.3 is 14.0 Å². The topological polar surface area (TPSA) is 38.7 Å². The minimum Gasteiger partial charge on any atom is -0.413 e. The fraction of sp³-hybridized carbons (Fsp3) is 0.568. The van der Waals surface area contributed by atoms with Crippen molar-refractivity contribution in [3.63, 3.8) is 0 Å². The molecule has 0 amide bonds. The van der Waals surface area contributed by atoms with Gasteiger partial charge >= 0.3 is 18.0 Å². The standard InChI is InChI=1S/C37H52F6O3Si2/c1-12-27(17-14-22-35(44,36(38,39)40)37(41,42)43)28-16-13-15-25(23-28)18-19-26-20-21-29(31(33(2,3)4)45-47(8)9)30(24-26)32(34(5,6)7)46-48(10)11/h13,15-17,20-21,23-24,31-32,44,47-48H,12,18-19H2,1-11H3. The predicted molar refractivity (Wildman–Crippen MR) is 188 cm³/mol. The fourth-order valence-electron chi connectivity index (χ4n) is 5.41. The number of hydrogen-bond donors (Lipinski definition) is 1. The van der Waals surface area contributed by atoms with Crippen LogP contribution in [0, 0.1) is 22.7 Å². The minimum atomic E-state index is -6.00. The van der Waals surface area contributed by atoms with Crippen LogP contribution in [0.15, 0.2) is 48.5 Å². The van der Waals surface area contributed by atoms with E-state index in [0.717, 1.165) is 34.3 Å². The molecule has 2 aromatic carbocycles. The van der Waals surface area contributed by atoms with Gasteiger partial charge in [0.05, 0.1) is 12.2 Å². The van der Waals surface area contributed by atoms with Gasteiger partial charge in [-0.3, -0.25) is 0 Å². The third-order valence-corrected chi connectivity index (χ3v) is 9.44. The molecule has 2 rings (SSSR count). The molecule has 0 aliphatic heterocycles. The Labute approximate surface area is 286 Å². The number of aryl methyl sites for hydroxylation is 2. The second kappa shape index (κ2) is 16.1. The highest BCUT2D eigenvalue weighted by Gasteiger charge is 2.70. The van der Waals surface area contributed by atoms with E-state index in [1.807, 2.05) is 18.1 Å². The number of benzene rings is 2. The maximum atomic E-state index is 13.1. The lowest BCUT2D eigenvalue weighted by Gasteiger charge is -2.39. The molecule has 0 spiro atoms. The van der Waals surface area contributed by atoms with Crippen LogP contribution in [0.4, 0.5) is 26.3 Å². The third kappa shape index (κ3) is 11.1. The Hall–Kier alpha value is -2.37. The number of allylic oxidation sites excluding steroid dienone is 2. The van der Waals surface area contributed by atoms with Crippen LogP contribution in [0.3, 0.4) is 0 Å². The number of alkyl halides is 6. The molecule has 0 aliphatic carbocycles. The van der Waals surface area contributed by atoms with Gasteiger partial charge in [0, 0.05) is 0 Å². The van der Waals surface area contributed by atoms with E-state index in [4.69, 9.17) is 8.85 Å². The van der Waals surface area contributed by atoms with Crippen molar-refractivity contribution in [3.05, 3.63) is 76.4 Å². The molecule has 0 bridgehead atoms. The Morgan fingerprint density at radius 2 is 1.23 bits per heavy atom. The molecule has 0 heterocycles. The lowest BCUT2D eigenvalue weighted by molar-refractivity contribution is -0.343. The summed E-state index contributed by atoms with van der Waals surface area (Å²) in [5, 5.41) is 9.37. The van der Waals surface area contributed by atoms with Gasteiger partial charge in [0.15, 0.2) is 18.1 Å². The summed E-state index contributed by atoms with van der Waals surface area (Å²) in [6, 6.07) is 13.9. The van der Waals surface area contributed by atoms with Crippen LogP contribution in [0.2, 0.25) is 26.2 Å². The Kier molecular flexibility index (Phi) is 14.0. The van der Waals surface area contributed by atoms with Gasteiger partial charge in [0.2, 0.25) is 0 Å². The molecule has 2 atom stereocenters. The van der Waals surface area contributed by atoms with E-state index in [9.17, 15) is 31.4 Å². The minimum absolute atomic E-state index is 0.0993. The first-order valence-corrected chi connectivity index (χ1v) is 22.0. The van der Waals surface area contributed by atoms with Crippen LogP contribution in [0.1, 0.15) is 94.9 Å². The quantitative estimate of drug-likeness (QED) is 0.143. The molecule has 0 saturated heterocycles. The van der Waals surface area contributed by atoms with E-state index < -0.39 is 36.0 Å².